The average Bonchev–Trinajstić information content (AvgIpc) is 2.09. The number of hydrogen-bond acceptors (Lipinski definition) is 2. The molecule has 0 aromatic heterocycles. The van der Waals surface area contributed by atoms with Crippen LogP contribution in [0.2, 0.25) is 0 Å². The van der Waals surface area contributed by atoms with Crippen LogP contribution in [0.4, 0.5) is 0 Å². The monoisotopic (exact) mass is 216 g/mol. The highest BCUT2D eigenvalue weighted by molar-refractivity contribution is 5.67. The zero-order chi connectivity index (χ0) is 11.7. The van der Waals surface area contributed by atoms with Crippen molar-refractivity contribution in [2.24, 2.45) is 5.92 Å². The molecule has 4 nitrogen and oxygen atoms in total. The first kappa shape index (κ1) is 13.9. The minimum atomic E-state index is -0.742. The summed E-state index contributed by atoms with van der Waals surface area (Å²) in [7, 11) is 0. The van der Waals surface area contributed by atoms with E-state index in [1.165, 1.54) is 0 Å². The molecule has 1 unspecified atom stereocenters. The molecule has 0 bridgehead atoms. The molecule has 0 aliphatic carbocycles. The van der Waals surface area contributed by atoms with E-state index >= 15 is 0 Å². The van der Waals surface area contributed by atoms with Crippen molar-refractivity contribution in [1.82, 2.24) is 0 Å². The second kappa shape index (κ2) is 8.26. The van der Waals surface area contributed by atoms with Crippen LogP contribution in [0.3, 0.4) is 0 Å². The molecule has 0 saturated carbocycles. The zero-order valence-electron chi connectivity index (χ0n) is 9.24. The van der Waals surface area contributed by atoms with E-state index in [1.54, 1.807) is 0 Å². The van der Waals surface area contributed by atoms with Crippen LogP contribution in [-0.2, 0) is 9.59 Å². The number of rotatable bonds is 9. The van der Waals surface area contributed by atoms with Crippen LogP contribution >= 0.6 is 0 Å². The zero-order valence-corrected chi connectivity index (χ0v) is 9.24. The lowest BCUT2D eigenvalue weighted by atomic mass is 9.99. The summed E-state index contributed by atoms with van der Waals surface area (Å²) in [5.41, 5.74) is 0. The Hall–Kier alpha value is -1.06. The van der Waals surface area contributed by atoms with Crippen LogP contribution in [0.15, 0.2) is 0 Å². The Kier molecular flexibility index (Phi) is 7.68. The van der Waals surface area contributed by atoms with Crippen molar-refractivity contribution in [2.75, 3.05) is 0 Å². The number of unbranched alkanes of at least 4 members (excludes halogenated alkanes) is 3. The second-order valence-electron chi connectivity index (χ2n) is 4.05. The lowest BCUT2D eigenvalue weighted by molar-refractivity contribution is -0.138. The Balaban J connectivity index is 3.23. The van der Waals surface area contributed by atoms with Gasteiger partial charge in [-0.15, -0.1) is 0 Å². The molecule has 88 valence electrons. The van der Waals surface area contributed by atoms with Crippen LogP contribution in [0.5, 0.6) is 0 Å². The third-order valence-corrected chi connectivity index (χ3v) is 2.36. The Morgan fingerprint density at radius 1 is 1.00 bits per heavy atom. The summed E-state index contributed by atoms with van der Waals surface area (Å²) in [6, 6.07) is 0. The lowest BCUT2D eigenvalue weighted by Gasteiger charge is -2.07. The van der Waals surface area contributed by atoms with E-state index < -0.39 is 11.9 Å². The van der Waals surface area contributed by atoms with Crippen molar-refractivity contribution in [3.63, 3.8) is 0 Å². The van der Waals surface area contributed by atoms with Gasteiger partial charge in [-0.25, -0.2) is 0 Å². The van der Waals surface area contributed by atoms with Gasteiger partial charge in [-0.2, -0.15) is 0 Å². The summed E-state index contributed by atoms with van der Waals surface area (Å²) in [4.78, 5) is 20.6. The average molecular weight is 216 g/mol. The summed E-state index contributed by atoms with van der Waals surface area (Å²) in [6.45, 7) is 1.94. The molecule has 0 spiro atoms. The summed E-state index contributed by atoms with van der Waals surface area (Å²) < 4.78 is 0. The van der Waals surface area contributed by atoms with Gasteiger partial charge >= 0.3 is 11.9 Å². The Labute approximate surface area is 90.3 Å². The summed E-state index contributed by atoms with van der Waals surface area (Å²) in [5, 5.41) is 16.9. The van der Waals surface area contributed by atoms with Crippen LogP contribution in [-0.4, -0.2) is 22.2 Å². The standard InChI is InChI=1S/C11H20O4/c1-9(8-11(14)15)6-4-2-3-5-7-10(12)13/h9H,2-8H2,1H3,(H,12,13)(H,14,15). The van der Waals surface area contributed by atoms with E-state index in [9.17, 15) is 9.59 Å². The molecule has 0 heterocycles. The first-order valence-electron chi connectivity index (χ1n) is 5.46. The summed E-state index contributed by atoms with van der Waals surface area (Å²) in [6.07, 6.45) is 5.03. The van der Waals surface area contributed by atoms with Crippen LogP contribution in [0.25, 0.3) is 0 Å². The third kappa shape index (κ3) is 10.9. The van der Waals surface area contributed by atoms with Gasteiger partial charge in [0.25, 0.3) is 0 Å². The van der Waals surface area contributed by atoms with Gasteiger partial charge < -0.3 is 10.2 Å². The molecule has 0 radical (unpaired) electrons. The molecular weight excluding hydrogens is 196 g/mol. The predicted octanol–water partition coefficient (Wildman–Crippen LogP) is 2.52. The number of hydrogen-bond donors (Lipinski definition) is 2. The maximum Gasteiger partial charge on any atom is 0.303 e. The van der Waals surface area contributed by atoms with E-state index in [2.05, 4.69) is 0 Å². The summed E-state index contributed by atoms with van der Waals surface area (Å²) >= 11 is 0. The van der Waals surface area contributed by atoms with E-state index in [-0.39, 0.29) is 18.8 Å². The highest BCUT2D eigenvalue weighted by Crippen LogP contribution is 2.14. The number of carboxylic acid groups (broad SMARTS) is 2. The normalized spacial score (nSPS) is 12.3. The van der Waals surface area contributed by atoms with Gasteiger partial charge in [0.2, 0.25) is 0 Å². The summed E-state index contributed by atoms with van der Waals surface area (Å²) in [5.74, 6) is -1.26. The van der Waals surface area contributed by atoms with Gasteiger partial charge in [0, 0.05) is 12.8 Å². The Morgan fingerprint density at radius 3 is 2.13 bits per heavy atom. The molecule has 15 heavy (non-hydrogen) atoms. The molecular formula is C11H20O4. The molecule has 0 aliphatic heterocycles. The lowest BCUT2D eigenvalue weighted by Crippen LogP contribution is -2.03. The van der Waals surface area contributed by atoms with Gasteiger partial charge in [-0.05, 0) is 12.3 Å². The fourth-order valence-electron chi connectivity index (χ4n) is 1.52. The largest absolute Gasteiger partial charge is 0.481 e. The van der Waals surface area contributed by atoms with Crippen molar-refractivity contribution in [1.29, 1.82) is 0 Å². The number of carboxylic acids is 2. The Bertz CT molecular complexity index is 201. The van der Waals surface area contributed by atoms with Gasteiger partial charge in [0.05, 0.1) is 0 Å². The quantitative estimate of drug-likeness (QED) is 0.581. The highest BCUT2D eigenvalue weighted by Gasteiger charge is 2.06. The van der Waals surface area contributed by atoms with Gasteiger partial charge in [-0.3, -0.25) is 9.59 Å². The fourth-order valence-corrected chi connectivity index (χ4v) is 1.52. The molecule has 0 aliphatic rings. The molecule has 1 atom stereocenters. The molecule has 0 amide bonds. The van der Waals surface area contributed by atoms with Crippen molar-refractivity contribution < 1.29 is 19.8 Å². The minimum Gasteiger partial charge on any atom is -0.481 e. The third-order valence-electron chi connectivity index (χ3n) is 2.36. The van der Waals surface area contributed by atoms with Crippen molar-refractivity contribution in [2.45, 2.75) is 51.9 Å². The molecule has 0 rings (SSSR count). The topological polar surface area (TPSA) is 74.6 Å². The van der Waals surface area contributed by atoms with Crippen LogP contribution < -0.4 is 0 Å². The maximum absolute atomic E-state index is 10.4. The molecule has 0 saturated heterocycles. The fraction of sp³-hybridized carbons (Fsp3) is 0.818. The SMILES string of the molecule is CC(CCCCCCC(=O)O)CC(=O)O. The van der Waals surface area contributed by atoms with Gasteiger partial charge in [0.15, 0.2) is 0 Å². The van der Waals surface area contributed by atoms with Crippen molar-refractivity contribution >= 4 is 11.9 Å². The predicted molar refractivity (Wildman–Crippen MR) is 56.8 cm³/mol. The first-order chi connectivity index (χ1) is 7.02. The molecule has 2 N–H and O–H groups in total. The molecule has 0 aromatic carbocycles. The van der Waals surface area contributed by atoms with E-state index in [0.29, 0.717) is 0 Å². The smallest absolute Gasteiger partial charge is 0.303 e. The van der Waals surface area contributed by atoms with E-state index in [0.717, 1.165) is 32.1 Å². The second-order valence-corrected chi connectivity index (χ2v) is 4.05. The molecule has 0 fully saturated rings. The number of aliphatic carboxylic acids is 2. The minimum absolute atomic E-state index is 0.224. The van der Waals surface area contributed by atoms with E-state index in [1.807, 2.05) is 6.92 Å². The number of carbonyl (C=O) groups is 2. The molecule has 0 aromatic rings. The first-order valence-corrected chi connectivity index (χ1v) is 5.46. The Morgan fingerprint density at radius 2 is 1.60 bits per heavy atom. The van der Waals surface area contributed by atoms with Crippen LogP contribution in [0.1, 0.15) is 51.9 Å². The molecule has 4 heteroatoms. The van der Waals surface area contributed by atoms with Gasteiger partial charge in [0.1, 0.15) is 0 Å². The van der Waals surface area contributed by atoms with Crippen molar-refractivity contribution in [3.8, 4) is 0 Å². The highest BCUT2D eigenvalue weighted by atomic mass is 16.4. The van der Waals surface area contributed by atoms with Gasteiger partial charge in [-0.1, -0.05) is 32.6 Å². The van der Waals surface area contributed by atoms with Crippen molar-refractivity contribution in [3.05, 3.63) is 0 Å². The maximum atomic E-state index is 10.4. The van der Waals surface area contributed by atoms with E-state index in [4.69, 9.17) is 10.2 Å². The van der Waals surface area contributed by atoms with Crippen LogP contribution in [0, 0.1) is 5.92 Å².